The molecule has 0 radical (unpaired) electrons. The number of carbonyl (C=O) groups is 1. The molecule has 1 aromatic carbocycles. The average Bonchev–Trinajstić information content (AvgIpc) is 2.97. The Balaban J connectivity index is 1.94. The minimum atomic E-state index is -0.712. The van der Waals surface area contributed by atoms with E-state index in [1.54, 1.807) is 17.4 Å². The summed E-state index contributed by atoms with van der Waals surface area (Å²) in [5.74, 6) is -0.654. The quantitative estimate of drug-likeness (QED) is 0.635. The van der Waals surface area contributed by atoms with E-state index < -0.39 is 6.04 Å². The van der Waals surface area contributed by atoms with Crippen LogP contribution in [0.15, 0.2) is 35.7 Å². The van der Waals surface area contributed by atoms with Crippen molar-refractivity contribution in [2.24, 2.45) is 5.73 Å². The number of carbonyl (C=O) groups excluding carboxylic acids is 1. The molecule has 1 amide bonds. The Morgan fingerprint density at radius 1 is 1.33 bits per heavy atom. The zero-order valence-electron chi connectivity index (χ0n) is 11.6. The number of nitrogens with one attached hydrogen (secondary N) is 1. The Hall–Kier alpha value is -2.05. The van der Waals surface area contributed by atoms with Gasteiger partial charge in [0.25, 0.3) is 0 Å². The van der Waals surface area contributed by atoms with Gasteiger partial charge in [-0.1, -0.05) is 12.1 Å². The summed E-state index contributed by atoms with van der Waals surface area (Å²) in [4.78, 5) is 13.1. The number of nitrogens with two attached hydrogens (primary N) is 1. The Morgan fingerprint density at radius 3 is 2.71 bits per heavy atom. The first-order valence-electron chi connectivity index (χ1n) is 6.57. The van der Waals surface area contributed by atoms with Gasteiger partial charge in [0.15, 0.2) is 11.5 Å². The van der Waals surface area contributed by atoms with Gasteiger partial charge < -0.3 is 21.3 Å². The molecule has 2 atom stereocenters. The highest BCUT2D eigenvalue weighted by molar-refractivity contribution is 7.10. The fraction of sp³-hybridized carbons (Fsp3) is 0.267. The lowest BCUT2D eigenvalue weighted by Crippen LogP contribution is -2.42. The van der Waals surface area contributed by atoms with Crippen LogP contribution in [0, 0.1) is 0 Å². The van der Waals surface area contributed by atoms with Crippen molar-refractivity contribution < 1.29 is 15.0 Å². The molecule has 0 fully saturated rings. The molecule has 5 N–H and O–H groups in total. The van der Waals surface area contributed by atoms with Crippen LogP contribution in [0.2, 0.25) is 0 Å². The van der Waals surface area contributed by atoms with Crippen molar-refractivity contribution in [2.45, 2.75) is 25.4 Å². The van der Waals surface area contributed by atoms with Crippen LogP contribution in [0.3, 0.4) is 0 Å². The number of thiophene rings is 1. The van der Waals surface area contributed by atoms with Crippen molar-refractivity contribution in [1.82, 2.24) is 5.32 Å². The number of hydrogen-bond donors (Lipinski definition) is 4. The number of aromatic hydroxyl groups is 2. The van der Waals surface area contributed by atoms with Gasteiger partial charge >= 0.3 is 0 Å². The lowest BCUT2D eigenvalue weighted by atomic mass is 10.0. The Morgan fingerprint density at radius 2 is 2.10 bits per heavy atom. The summed E-state index contributed by atoms with van der Waals surface area (Å²) in [6.07, 6.45) is 0.289. The van der Waals surface area contributed by atoms with Gasteiger partial charge in [0.2, 0.25) is 5.91 Å². The number of hydrogen-bond acceptors (Lipinski definition) is 5. The predicted octanol–water partition coefficient (Wildman–Crippen LogP) is 1.91. The molecule has 21 heavy (non-hydrogen) atoms. The summed E-state index contributed by atoms with van der Waals surface area (Å²) in [5, 5.41) is 23.5. The van der Waals surface area contributed by atoms with E-state index in [0.717, 1.165) is 4.88 Å². The molecule has 0 spiro atoms. The summed E-state index contributed by atoms with van der Waals surface area (Å²) in [6.45, 7) is 1.91. The van der Waals surface area contributed by atoms with E-state index in [9.17, 15) is 15.0 Å². The van der Waals surface area contributed by atoms with E-state index in [1.807, 2.05) is 24.4 Å². The molecule has 0 aliphatic heterocycles. The maximum atomic E-state index is 12.1. The first-order chi connectivity index (χ1) is 9.97. The molecule has 0 bridgehead atoms. The van der Waals surface area contributed by atoms with Gasteiger partial charge in [-0.3, -0.25) is 4.79 Å². The molecule has 0 aliphatic rings. The van der Waals surface area contributed by atoms with E-state index in [-0.39, 0.29) is 29.9 Å². The molecule has 112 valence electrons. The fourth-order valence-corrected chi connectivity index (χ4v) is 2.71. The van der Waals surface area contributed by atoms with Crippen LogP contribution in [0.4, 0.5) is 0 Å². The van der Waals surface area contributed by atoms with Crippen LogP contribution < -0.4 is 11.1 Å². The molecular formula is C15H18N2O3S. The Bertz CT molecular complexity index is 613. The van der Waals surface area contributed by atoms with Crippen LogP contribution >= 0.6 is 11.3 Å². The van der Waals surface area contributed by atoms with E-state index in [4.69, 9.17) is 5.73 Å². The van der Waals surface area contributed by atoms with Gasteiger partial charge in [0, 0.05) is 4.88 Å². The van der Waals surface area contributed by atoms with Crippen LogP contribution in [-0.4, -0.2) is 22.2 Å². The summed E-state index contributed by atoms with van der Waals surface area (Å²) in [5.41, 5.74) is 6.58. The topological polar surface area (TPSA) is 95.6 Å². The number of benzene rings is 1. The second-order valence-corrected chi connectivity index (χ2v) is 5.86. The molecule has 2 rings (SSSR count). The van der Waals surface area contributed by atoms with Crippen molar-refractivity contribution in [3.63, 3.8) is 0 Å². The van der Waals surface area contributed by atoms with E-state index in [0.29, 0.717) is 5.56 Å². The number of phenols is 2. The predicted molar refractivity (Wildman–Crippen MR) is 82.3 cm³/mol. The fourth-order valence-electron chi connectivity index (χ4n) is 1.97. The molecule has 1 aromatic heterocycles. The van der Waals surface area contributed by atoms with Gasteiger partial charge in [-0.25, -0.2) is 0 Å². The smallest absolute Gasteiger partial charge is 0.237 e. The SMILES string of the molecule is C[C@@H](NC(=O)[C@@H](N)Cc1ccc(O)c(O)c1)c1cccs1. The highest BCUT2D eigenvalue weighted by atomic mass is 32.1. The molecule has 5 nitrogen and oxygen atoms in total. The summed E-state index contributed by atoms with van der Waals surface area (Å²) < 4.78 is 0. The minimum absolute atomic E-state index is 0.0863. The number of rotatable bonds is 5. The third kappa shape index (κ3) is 3.96. The van der Waals surface area contributed by atoms with Gasteiger partial charge in [-0.05, 0) is 42.5 Å². The van der Waals surface area contributed by atoms with Gasteiger partial charge in [-0.2, -0.15) is 0 Å². The molecular weight excluding hydrogens is 288 g/mol. The summed E-state index contributed by atoms with van der Waals surface area (Å²) in [6, 6.07) is 7.51. The van der Waals surface area contributed by atoms with Crippen LogP contribution in [0.1, 0.15) is 23.4 Å². The van der Waals surface area contributed by atoms with Crippen LogP contribution in [-0.2, 0) is 11.2 Å². The first-order valence-corrected chi connectivity index (χ1v) is 7.45. The highest BCUT2D eigenvalue weighted by Crippen LogP contribution is 2.25. The van der Waals surface area contributed by atoms with E-state index in [2.05, 4.69) is 5.32 Å². The third-order valence-corrected chi connectivity index (χ3v) is 4.22. The number of amides is 1. The summed E-state index contributed by atoms with van der Waals surface area (Å²) >= 11 is 1.58. The maximum Gasteiger partial charge on any atom is 0.237 e. The second-order valence-electron chi connectivity index (χ2n) is 4.88. The van der Waals surface area contributed by atoms with Crippen molar-refractivity contribution in [1.29, 1.82) is 0 Å². The van der Waals surface area contributed by atoms with Gasteiger partial charge in [0.05, 0.1) is 12.1 Å². The highest BCUT2D eigenvalue weighted by Gasteiger charge is 2.18. The van der Waals surface area contributed by atoms with Crippen molar-refractivity contribution in [3.05, 3.63) is 46.2 Å². The molecule has 1 heterocycles. The Kier molecular flexibility index (Phi) is 4.82. The number of phenolic OH excluding ortho intramolecular Hbond substituents is 2. The zero-order chi connectivity index (χ0) is 15.4. The Labute approximate surface area is 127 Å². The van der Waals surface area contributed by atoms with Gasteiger partial charge in [-0.15, -0.1) is 11.3 Å². The molecule has 0 unspecified atom stereocenters. The second kappa shape index (κ2) is 6.60. The van der Waals surface area contributed by atoms with E-state index in [1.165, 1.54) is 12.1 Å². The third-order valence-electron chi connectivity index (χ3n) is 3.16. The normalized spacial score (nSPS) is 13.6. The van der Waals surface area contributed by atoms with Crippen molar-refractivity contribution in [3.8, 4) is 11.5 Å². The van der Waals surface area contributed by atoms with Crippen LogP contribution in [0.5, 0.6) is 11.5 Å². The standard InChI is InChI=1S/C15H18N2O3S/c1-9(14-3-2-6-21-14)17-15(20)11(16)7-10-4-5-12(18)13(19)8-10/h2-6,8-9,11,18-19H,7,16H2,1H3,(H,17,20)/t9-,11+/m1/s1. The first kappa shape index (κ1) is 15.3. The molecule has 0 aliphatic carbocycles. The maximum absolute atomic E-state index is 12.1. The van der Waals surface area contributed by atoms with Crippen molar-refractivity contribution >= 4 is 17.2 Å². The largest absolute Gasteiger partial charge is 0.504 e. The average molecular weight is 306 g/mol. The minimum Gasteiger partial charge on any atom is -0.504 e. The lowest BCUT2D eigenvalue weighted by Gasteiger charge is -2.17. The van der Waals surface area contributed by atoms with Crippen LogP contribution in [0.25, 0.3) is 0 Å². The van der Waals surface area contributed by atoms with E-state index >= 15 is 0 Å². The molecule has 6 heteroatoms. The van der Waals surface area contributed by atoms with Gasteiger partial charge in [0.1, 0.15) is 0 Å². The monoisotopic (exact) mass is 306 g/mol. The molecule has 0 saturated heterocycles. The lowest BCUT2D eigenvalue weighted by molar-refractivity contribution is -0.122. The molecule has 0 saturated carbocycles. The molecule has 2 aromatic rings. The van der Waals surface area contributed by atoms with Crippen molar-refractivity contribution in [2.75, 3.05) is 0 Å². The zero-order valence-corrected chi connectivity index (χ0v) is 12.4. The summed E-state index contributed by atoms with van der Waals surface area (Å²) in [7, 11) is 0.